The van der Waals surface area contributed by atoms with E-state index < -0.39 is 5.82 Å². The summed E-state index contributed by atoms with van der Waals surface area (Å²) >= 11 is 0. The monoisotopic (exact) mass is 246 g/mol. The van der Waals surface area contributed by atoms with Gasteiger partial charge in [0.2, 0.25) is 0 Å². The van der Waals surface area contributed by atoms with Crippen LogP contribution >= 0.6 is 0 Å². The number of halogens is 1. The molecule has 4 heteroatoms. The van der Waals surface area contributed by atoms with Crippen LogP contribution in [0.2, 0.25) is 0 Å². The summed E-state index contributed by atoms with van der Waals surface area (Å²) in [5, 5.41) is 12.1. The molecule has 0 saturated carbocycles. The molecular weight excluding hydrogens is 231 g/mol. The zero-order valence-electron chi connectivity index (χ0n) is 10.0. The van der Waals surface area contributed by atoms with Crippen LogP contribution in [0.4, 0.5) is 4.39 Å². The van der Waals surface area contributed by atoms with Crippen molar-refractivity contribution < 1.29 is 9.13 Å². The zero-order chi connectivity index (χ0) is 12.5. The van der Waals surface area contributed by atoms with Gasteiger partial charge in [-0.05, 0) is 25.3 Å². The molecule has 2 heterocycles. The third-order valence-electron chi connectivity index (χ3n) is 3.86. The van der Waals surface area contributed by atoms with Gasteiger partial charge in [-0.1, -0.05) is 12.1 Å². The third-order valence-corrected chi connectivity index (χ3v) is 3.86. The minimum absolute atomic E-state index is 0.110. The molecule has 1 aromatic carbocycles. The summed E-state index contributed by atoms with van der Waals surface area (Å²) in [5.74, 6) is -0.406. The van der Waals surface area contributed by atoms with Crippen LogP contribution in [-0.2, 0) is 11.3 Å². The van der Waals surface area contributed by atoms with Gasteiger partial charge in [0.25, 0.3) is 0 Å². The van der Waals surface area contributed by atoms with E-state index in [1.807, 2.05) is 6.07 Å². The summed E-state index contributed by atoms with van der Waals surface area (Å²) < 4.78 is 19.6. The number of nitriles is 1. The van der Waals surface area contributed by atoms with Gasteiger partial charge < -0.3 is 10.1 Å². The lowest BCUT2D eigenvalue weighted by molar-refractivity contribution is 0.0972. The van der Waals surface area contributed by atoms with E-state index in [0.717, 1.165) is 19.3 Å². The summed E-state index contributed by atoms with van der Waals surface area (Å²) in [6.45, 7) is 0.457. The molecule has 2 aliphatic heterocycles. The van der Waals surface area contributed by atoms with E-state index in [-0.39, 0.29) is 11.7 Å². The van der Waals surface area contributed by atoms with Crippen molar-refractivity contribution in [3.8, 4) is 6.07 Å². The van der Waals surface area contributed by atoms with Gasteiger partial charge in [-0.25, -0.2) is 4.39 Å². The number of fused-ring (bicyclic) bond motifs is 2. The minimum Gasteiger partial charge on any atom is -0.373 e. The van der Waals surface area contributed by atoms with Crippen molar-refractivity contribution in [1.82, 2.24) is 5.32 Å². The van der Waals surface area contributed by atoms with Gasteiger partial charge in [0.05, 0.1) is 17.8 Å². The van der Waals surface area contributed by atoms with Crippen molar-refractivity contribution in [1.29, 1.82) is 5.26 Å². The number of rotatable bonds is 3. The van der Waals surface area contributed by atoms with Crippen molar-refractivity contribution >= 4 is 0 Å². The molecule has 0 radical (unpaired) electrons. The number of hydrogen-bond donors (Lipinski definition) is 1. The Morgan fingerprint density at radius 1 is 1.44 bits per heavy atom. The van der Waals surface area contributed by atoms with E-state index >= 15 is 0 Å². The van der Waals surface area contributed by atoms with E-state index in [2.05, 4.69) is 5.32 Å². The van der Waals surface area contributed by atoms with Gasteiger partial charge in [0, 0.05) is 18.2 Å². The summed E-state index contributed by atoms with van der Waals surface area (Å²) in [6.07, 6.45) is 3.95. The highest BCUT2D eigenvalue weighted by Gasteiger charge is 2.40. The standard InChI is InChI=1S/C14H15FN2O/c15-14-9(7-16)2-1-3-10(14)8-17-12-6-11-4-5-13(12)18-11/h1-3,11-13,17H,4-6,8H2. The summed E-state index contributed by atoms with van der Waals surface area (Å²) in [6, 6.07) is 7.13. The maximum atomic E-state index is 13.8. The molecule has 3 rings (SSSR count). The quantitative estimate of drug-likeness (QED) is 0.888. The van der Waals surface area contributed by atoms with E-state index in [1.165, 1.54) is 6.07 Å². The summed E-state index contributed by atoms with van der Waals surface area (Å²) in [4.78, 5) is 0. The van der Waals surface area contributed by atoms with Gasteiger partial charge in [-0.2, -0.15) is 5.26 Å². The Morgan fingerprint density at radius 3 is 3.00 bits per heavy atom. The molecule has 18 heavy (non-hydrogen) atoms. The normalized spacial score (nSPS) is 29.4. The number of hydrogen-bond acceptors (Lipinski definition) is 3. The molecule has 0 amide bonds. The lowest BCUT2D eigenvalue weighted by Crippen LogP contribution is -2.37. The van der Waals surface area contributed by atoms with Crippen LogP contribution in [0.3, 0.4) is 0 Å². The molecule has 2 saturated heterocycles. The molecule has 0 aromatic heterocycles. The largest absolute Gasteiger partial charge is 0.373 e. The molecule has 0 aliphatic carbocycles. The number of ether oxygens (including phenoxy) is 1. The molecular formula is C14H15FN2O. The van der Waals surface area contributed by atoms with Crippen LogP contribution in [0.5, 0.6) is 0 Å². The van der Waals surface area contributed by atoms with Crippen LogP contribution < -0.4 is 5.32 Å². The van der Waals surface area contributed by atoms with Crippen LogP contribution in [0.15, 0.2) is 18.2 Å². The molecule has 0 spiro atoms. The third kappa shape index (κ3) is 2.00. The first-order valence-electron chi connectivity index (χ1n) is 6.34. The van der Waals surface area contributed by atoms with Crippen LogP contribution in [0, 0.1) is 17.1 Å². The van der Waals surface area contributed by atoms with Crippen molar-refractivity contribution in [2.45, 2.75) is 44.1 Å². The first kappa shape index (κ1) is 11.6. The van der Waals surface area contributed by atoms with Crippen molar-refractivity contribution in [3.63, 3.8) is 0 Å². The van der Waals surface area contributed by atoms with Crippen molar-refractivity contribution in [2.75, 3.05) is 0 Å². The van der Waals surface area contributed by atoms with Crippen LogP contribution in [0.25, 0.3) is 0 Å². The Kier molecular flexibility index (Phi) is 3.02. The van der Waals surface area contributed by atoms with Gasteiger partial charge in [-0.3, -0.25) is 0 Å². The molecule has 3 nitrogen and oxygen atoms in total. The lowest BCUT2D eigenvalue weighted by atomic mass is 9.95. The Balaban J connectivity index is 1.65. The molecule has 2 bridgehead atoms. The SMILES string of the molecule is N#Cc1cccc(CNC2CC3CCC2O3)c1F. The molecule has 3 atom stereocenters. The highest BCUT2D eigenvalue weighted by atomic mass is 19.1. The number of nitrogens with zero attached hydrogens (tertiary/aromatic N) is 1. The summed E-state index contributed by atoms with van der Waals surface area (Å²) in [5.41, 5.74) is 0.662. The fraction of sp³-hybridized carbons (Fsp3) is 0.500. The Bertz CT molecular complexity index is 497. The Morgan fingerprint density at radius 2 is 2.33 bits per heavy atom. The predicted octanol–water partition coefficient (Wildman–Crippen LogP) is 2.11. The predicted molar refractivity (Wildman–Crippen MR) is 64.3 cm³/mol. The van der Waals surface area contributed by atoms with Crippen LogP contribution in [-0.4, -0.2) is 18.2 Å². The van der Waals surface area contributed by atoms with E-state index in [1.54, 1.807) is 12.1 Å². The Hall–Kier alpha value is -1.44. The average Bonchev–Trinajstić information content (AvgIpc) is 3.00. The minimum atomic E-state index is -0.406. The van der Waals surface area contributed by atoms with Crippen molar-refractivity contribution in [3.05, 3.63) is 35.1 Å². The van der Waals surface area contributed by atoms with E-state index in [4.69, 9.17) is 10.00 Å². The zero-order valence-corrected chi connectivity index (χ0v) is 10.0. The first-order chi connectivity index (χ1) is 8.78. The lowest BCUT2D eigenvalue weighted by Gasteiger charge is -2.20. The molecule has 1 N–H and O–H groups in total. The molecule has 2 aliphatic rings. The smallest absolute Gasteiger partial charge is 0.145 e. The van der Waals surface area contributed by atoms with Crippen molar-refractivity contribution in [2.24, 2.45) is 0 Å². The fourth-order valence-corrected chi connectivity index (χ4v) is 2.90. The average molecular weight is 246 g/mol. The Labute approximate surface area is 106 Å². The molecule has 94 valence electrons. The van der Waals surface area contributed by atoms with E-state index in [0.29, 0.717) is 24.3 Å². The van der Waals surface area contributed by atoms with E-state index in [9.17, 15) is 4.39 Å². The van der Waals surface area contributed by atoms with Gasteiger partial charge in [0.15, 0.2) is 0 Å². The second-order valence-corrected chi connectivity index (χ2v) is 4.99. The summed E-state index contributed by atoms with van der Waals surface area (Å²) in [7, 11) is 0. The molecule has 3 unspecified atom stereocenters. The number of benzene rings is 1. The van der Waals surface area contributed by atoms with Crippen LogP contribution in [0.1, 0.15) is 30.4 Å². The second kappa shape index (κ2) is 4.68. The highest BCUT2D eigenvalue weighted by Crippen LogP contribution is 2.34. The van der Waals surface area contributed by atoms with Gasteiger partial charge >= 0.3 is 0 Å². The second-order valence-electron chi connectivity index (χ2n) is 4.99. The molecule has 1 aromatic rings. The molecule has 2 fully saturated rings. The topological polar surface area (TPSA) is 45.0 Å². The fourth-order valence-electron chi connectivity index (χ4n) is 2.90. The highest BCUT2D eigenvalue weighted by molar-refractivity contribution is 5.34. The maximum absolute atomic E-state index is 13.8. The van der Waals surface area contributed by atoms with Gasteiger partial charge in [-0.15, -0.1) is 0 Å². The number of nitrogens with one attached hydrogen (secondary N) is 1. The maximum Gasteiger partial charge on any atom is 0.145 e. The van der Waals surface area contributed by atoms with Gasteiger partial charge in [0.1, 0.15) is 11.9 Å². The first-order valence-corrected chi connectivity index (χ1v) is 6.34.